The molecule has 3 rings (SSSR count). The summed E-state index contributed by atoms with van der Waals surface area (Å²) in [5, 5.41) is 0. The van der Waals surface area contributed by atoms with Crippen molar-refractivity contribution in [3.05, 3.63) is 53.8 Å². The van der Waals surface area contributed by atoms with E-state index in [-0.39, 0.29) is 27.8 Å². The molecule has 6 nitrogen and oxygen atoms in total. The van der Waals surface area contributed by atoms with Crippen LogP contribution in [0.2, 0.25) is 0 Å². The van der Waals surface area contributed by atoms with E-state index >= 15 is 0 Å². The number of methoxy groups -OCH3 is 1. The Morgan fingerprint density at radius 2 is 1.75 bits per heavy atom. The first-order valence-electron chi connectivity index (χ1n) is 9.17. The Balaban J connectivity index is 1.88. The lowest BCUT2D eigenvalue weighted by Gasteiger charge is -2.22. The minimum atomic E-state index is -4.07. The fourth-order valence-corrected chi connectivity index (χ4v) is 4.31. The summed E-state index contributed by atoms with van der Waals surface area (Å²) < 4.78 is 46.6. The van der Waals surface area contributed by atoms with Crippen molar-refractivity contribution in [1.29, 1.82) is 0 Å². The van der Waals surface area contributed by atoms with Crippen molar-refractivity contribution >= 4 is 21.6 Å². The van der Waals surface area contributed by atoms with Crippen molar-refractivity contribution in [3.63, 3.8) is 0 Å². The first kappa shape index (κ1) is 20.1. The SMILES string of the molecule is COc1ccc(S(=O)(=O)Nc2ccccc2C(=O)N2CCCCCC2)cc1F. The summed E-state index contributed by atoms with van der Waals surface area (Å²) in [4.78, 5) is 14.5. The predicted octanol–water partition coefficient (Wildman–Crippen LogP) is 3.65. The smallest absolute Gasteiger partial charge is 0.262 e. The number of sulfonamides is 1. The van der Waals surface area contributed by atoms with Gasteiger partial charge < -0.3 is 9.64 Å². The van der Waals surface area contributed by atoms with E-state index in [2.05, 4.69) is 4.72 Å². The molecule has 150 valence electrons. The average molecular weight is 406 g/mol. The molecule has 1 aliphatic rings. The zero-order chi connectivity index (χ0) is 20.1. The molecule has 0 radical (unpaired) electrons. The molecule has 0 saturated carbocycles. The highest BCUT2D eigenvalue weighted by Crippen LogP contribution is 2.25. The molecule has 0 atom stereocenters. The van der Waals surface area contributed by atoms with Crippen LogP contribution in [0.4, 0.5) is 10.1 Å². The Hall–Kier alpha value is -2.61. The zero-order valence-electron chi connectivity index (χ0n) is 15.7. The third-order valence-corrected chi connectivity index (χ3v) is 6.09. The van der Waals surface area contributed by atoms with Gasteiger partial charge in [0.1, 0.15) is 0 Å². The summed E-state index contributed by atoms with van der Waals surface area (Å²) in [7, 11) is -2.77. The second-order valence-electron chi connectivity index (χ2n) is 6.65. The largest absolute Gasteiger partial charge is 0.494 e. The molecule has 0 aliphatic carbocycles. The van der Waals surface area contributed by atoms with Crippen LogP contribution in [0.1, 0.15) is 36.0 Å². The minimum absolute atomic E-state index is 0.0457. The van der Waals surface area contributed by atoms with Gasteiger partial charge in [-0.2, -0.15) is 0 Å². The highest BCUT2D eigenvalue weighted by Gasteiger charge is 2.23. The van der Waals surface area contributed by atoms with E-state index in [1.807, 2.05) is 0 Å². The number of rotatable bonds is 5. The molecular formula is C20H23FN2O4S. The lowest BCUT2D eigenvalue weighted by molar-refractivity contribution is 0.0762. The van der Waals surface area contributed by atoms with Crippen LogP contribution in [0.3, 0.4) is 0 Å². The van der Waals surface area contributed by atoms with Crippen molar-refractivity contribution in [2.45, 2.75) is 30.6 Å². The van der Waals surface area contributed by atoms with Gasteiger partial charge in [-0.25, -0.2) is 12.8 Å². The van der Waals surface area contributed by atoms with E-state index in [1.165, 1.54) is 25.3 Å². The summed E-state index contributed by atoms with van der Waals surface area (Å²) in [6.45, 7) is 1.31. The number of amides is 1. The van der Waals surface area contributed by atoms with Gasteiger partial charge in [0, 0.05) is 13.1 Å². The lowest BCUT2D eigenvalue weighted by Crippen LogP contribution is -2.32. The molecular weight excluding hydrogens is 383 g/mol. The molecule has 1 fully saturated rings. The van der Waals surface area contributed by atoms with E-state index in [1.54, 1.807) is 23.1 Å². The third-order valence-electron chi connectivity index (χ3n) is 4.73. The van der Waals surface area contributed by atoms with Crippen molar-refractivity contribution in [3.8, 4) is 5.75 Å². The molecule has 1 saturated heterocycles. The van der Waals surface area contributed by atoms with E-state index in [0.29, 0.717) is 13.1 Å². The highest BCUT2D eigenvalue weighted by molar-refractivity contribution is 7.92. The van der Waals surface area contributed by atoms with Crippen LogP contribution in [0.15, 0.2) is 47.4 Å². The molecule has 1 heterocycles. The second-order valence-corrected chi connectivity index (χ2v) is 8.34. The summed E-state index contributed by atoms with van der Waals surface area (Å²) in [5.74, 6) is -1.03. The molecule has 0 spiro atoms. The number of anilines is 1. The van der Waals surface area contributed by atoms with Crippen LogP contribution in [-0.4, -0.2) is 39.4 Å². The number of halogens is 1. The fourth-order valence-electron chi connectivity index (χ4n) is 3.22. The Morgan fingerprint density at radius 3 is 2.39 bits per heavy atom. The Kier molecular flexibility index (Phi) is 6.18. The quantitative estimate of drug-likeness (QED) is 0.822. The number of likely N-dealkylation sites (tertiary alicyclic amines) is 1. The zero-order valence-corrected chi connectivity index (χ0v) is 16.5. The summed E-state index contributed by atoms with van der Waals surface area (Å²) in [6, 6.07) is 9.85. The average Bonchev–Trinajstić information content (AvgIpc) is 2.97. The summed E-state index contributed by atoms with van der Waals surface area (Å²) in [6.07, 6.45) is 4.04. The maximum absolute atomic E-state index is 13.9. The normalized spacial score (nSPS) is 15.0. The molecule has 0 unspecified atom stereocenters. The molecule has 2 aromatic carbocycles. The van der Waals surface area contributed by atoms with Gasteiger partial charge in [0.2, 0.25) is 0 Å². The van der Waals surface area contributed by atoms with E-state index in [0.717, 1.165) is 31.7 Å². The van der Waals surface area contributed by atoms with Crippen LogP contribution in [0.25, 0.3) is 0 Å². The Labute approximate surface area is 164 Å². The van der Waals surface area contributed by atoms with E-state index in [9.17, 15) is 17.6 Å². The van der Waals surface area contributed by atoms with Crippen LogP contribution in [0, 0.1) is 5.82 Å². The number of para-hydroxylation sites is 1. The number of carbonyl (C=O) groups is 1. The van der Waals surface area contributed by atoms with Crippen molar-refractivity contribution < 1.29 is 22.3 Å². The number of hydrogen-bond acceptors (Lipinski definition) is 4. The van der Waals surface area contributed by atoms with Crippen LogP contribution in [0.5, 0.6) is 5.75 Å². The molecule has 28 heavy (non-hydrogen) atoms. The molecule has 1 amide bonds. The van der Waals surface area contributed by atoms with E-state index < -0.39 is 15.8 Å². The molecule has 0 bridgehead atoms. The molecule has 2 aromatic rings. The van der Waals surface area contributed by atoms with Gasteiger partial charge in [-0.1, -0.05) is 25.0 Å². The Morgan fingerprint density at radius 1 is 1.07 bits per heavy atom. The van der Waals surface area contributed by atoms with Crippen molar-refractivity contribution in [1.82, 2.24) is 4.90 Å². The Bertz CT molecular complexity index is 954. The van der Waals surface area contributed by atoms with Gasteiger partial charge in [0.15, 0.2) is 11.6 Å². The first-order chi connectivity index (χ1) is 13.4. The summed E-state index contributed by atoms with van der Waals surface area (Å²) >= 11 is 0. The monoisotopic (exact) mass is 406 g/mol. The second kappa shape index (κ2) is 8.60. The van der Waals surface area contributed by atoms with Crippen molar-refractivity contribution in [2.75, 3.05) is 24.9 Å². The first-order valence-corrected chi connectivity index (χ1v) is 10.7. The number of ether oxygens (including phenoxy) is 1. The predicted molar refractivity (Wildman–Crippen MR) is 105 cm³/mol. The minimum Gasteiger partial charge on any atom is -0.494 e. The fraction of sp³-hybridized carbons (Fsp3) is 0.350. The number of nitrogens with zero attached hydrogens (tertiary/aromatic N) is 1. The number of nitrogens with one attached hydrogen (secondary N) is 1. The molecule has 8 heteroatoms. The molecule has 1 aliphatic heterocycles. The van der Waals surface area contributed by atoms with Gasteiger partial charge in [0.25, 0.3) is 15.9 Å². The van der Waals surface area contributed by atoms with Gasteiger partial charge >= 0.3 is 0 Å². The maximum Gasteiger partial charge on any atom is 0.262 e. The van der Waals surface area contributed by atoms with E-state index in [4.69, 9.17) is 4.74 Å². The van der Waals surface area contributed by atoms with Gasteiger partial charge in [-0.3, -0.25) is 9.52 Å². The number of hydrogen-bond donors (Lipinski definition) is 1. The van der Waals surface area contributed by atoms with Crippen LogP contribution < -0.4 is 9.46 Å². The lowest BCUT2D eigenvalue weighted by atomic mass is 10.1. The van der Waals surface area contributed by atoms with Crippen LogP contribution in [-0.2, 0) is 10.0 Å². The standard InChI is InChI=1S/C20H23FN2O4S/c1-27-19-11-10-15(14-17(19)21)28(25,26)22-18-9-5-4-8-16(18)20(24)23-12-6-2-3-7-13-23/h4-5,8-11,14,22H,2-3,6-7,12-13H2,1H3. The maximum atomic E-state index is 13.9. The van der Waals surface area contributed by atoms with Gasteiger partial charge in [-0.05, 0) is 43.2 Å². The number of carbonyl (C=O) groups excluding carboxylic acids is 1. The highest BCUT2D eigenvalue weighted by atomic mass is 32.2. The van der Waals surface area contributed by atoms with Gasteiger partial charge in [-0.15, -0.1) is 0 Å². The molecule has 0 aromatic heterocycles. The molecule has 1 N–H and O–H groups in total. The number of benzene rings is 2. The summed E-state index contributed by atoms with van der Waals surface area (Å²) in [5.41, 5.74) is 0.454. The third kappa shape index (κ3) is 4.44. The topological polar surface area (TPSA) is 75.7 Å². The van der Waals surface area contributed by atoms with Crippen molar-refractivity contribution in [2.24, 2.45) is 0 Å². The van der Waals surface area contributed by atoms with Gasteiger partial charge in [0.05, 0.1) is 23.3 Å². The van der Waals surface area contributed by atoms with Crippen LogP contribution >= 0.6 is 0 Å².